The molecular formula is C12H22N4. The molecule has 1 unspecified atom stereocenters. The van der Waals surface area contributed by atoms with Crippen molar-refractivity contribution in [2.24, 2.45) is 0 Å². The summed E-state index contributed by atoms with van der Waals surface area (Å²) in [6, 6.07) is 0.424. The van der Waals surface area contributed by atoms with Crippen molar-refractivity contribution in [2.75, 3.05) is 11.1 Å². The van der Waals surface area contributed by atoms with E-state index in [2.05, 4.69) is 29.1 Å². The van der Waals surface area contributed by atoms with Crippen molar-refractivity contribution in [1.82, 2.24) is 9.97 Å². The average molecular weight is 222 g/mol. The molecule has 16 heavy (non-hydrogen) atoms. The second kappa shape index (κ2) is 7.04. The van der Waals surface area contributed by atoms with E-state index in [0.717, 1.165) is 12.2 Å². The number of nitrogens with one attached hydrogen (secondary N) is 1. The van der Waals surface area contributed by atoms with E-state index >= 15 is 0 Å². The summed E-state index contributed by atoms with van der Waals surface area (Å²) in [4.78, 5) is 8.16. The second-order valence-corrected chi connectivity index (χ2v) is 4.22. The molecule has 0 bridgehead atoms. The van der Waals surface area contributed by atoms with Crippen molar-refractivity contribution in [2.45, 2.75) is 52.0 Å². The summed E-state index contributed by atoms with van der Waals surface area (Å²) in [7, 11) is 0. The molecule has 0 saturated carbocycles. The molecule has 1 rings (SSSR count). The first kappa shape index (κ1) is 12.7. The Bertz CT molecular complexity index is 301. The van der Waals surface area contributed by atoms with Crippen LogP contribution in [-0.4, -0.2) is 16.0 Å². The third kappa shape index (κ3) is 4.96. The van der Waals surface area contributed by atoms with Gasteiger partial charge < -0.3 is 11.1 Å². The fourth-order valence-electron chi connectivity index (χ4n) is 1.65. The standard InChI is InChI=1S/C12H22N4/c1-3-4-5-6-7-10(2)15-12-9-14-8-11(13)16-12/h8-10H,3-7H2,1-2H3,(H3,13,15,16). The molecule has 0 aromatic carbocycles. The van der Waals surface area contributed by atoms with Crippen LogP contribution in [0.3, 0.4) is 0 Å². The van der Waals surface area contributed by atoms with Crippen molar-refractivity contribution >= 4 is 11.6 Å². The monoisotopic (exact) mass is 222 g/mol. The highest BCUT2D eigenvalue weighted by atomic mass is 15.1. The summed E-state index contributed by atoms with van der Waals surface area (Å²) in [5, 5.41) is 3.31. The molecule has 1 heterocycles. The van der Waals surface area contributed by atoms with Crippen molar-refractivity contribution in [3.8, 4) is 0 Å². The first-order valence-electron chi connectivity index (χ1n) is 6.06. The van der Waals surface area contributed by atoms with Crippen molar-refractivity contribution in [1.29, 1.82) is 0 Å². The Kier molecular flexibility index (Phi) is 5.61. The van der Waals surface area contributed by atoms with Gasteiger partial charge in [0.2, 0.25) is 0 Å². The number of rotatable bonds is 7. The largest absolute Gasteiger partial charge is 0.382 e. The first-order chi connectivity index (χ1) is 7.72. The Morgan fingerprint density at radius 2 is 2.12 bits per heavy atom. The van der Waals surface area contributed by atoms with Gasteiger partial charge in [-0.15, -0.1) is 0 Å². The van der Waals surface area contributed by atoms with Crippen LogP contribution in [0.25, 0.3) is 0 Å². The minimum absolute atomic E-state index is 0.424. The minimum Gasteiger partial charge on any atom is -0.382 e. The summed E-state index contributed by atoms with van der Waals surface area (Å²) in [6.07, 6.45) is 9.60. The number of hydrogen-bond acceptors (Lipinski definition) is 4. The molecule has 1 aromatic rings. The van der Waals surface area contributed by atoms with Crippen molar-refractivity contribution in [3.63, 3.8) is 0 Å². The van der Waals surface area contributed by atoms with Crippen molar-refractivity contribution in [3.05, 3.63) is 12.4 Å². The Balaban J connectivity index is 2.25. The first-order valence-corrected chi connectivity index (χ1v) is 6.06. The van der Waals surface area contributed by atoms with E-state index in [-0.39, 0.29) is 0 Å². The van der Waals surface area contributed by atoms with E-state index < -0.39 is 0 Å². The van der Waals surface area contributed by atoms with Gasteiger partial charge in [-0.2, -0.15) is 0 Å². The van der Waals surface area contributed by atoms with Gasteiger partial charge in [-0.1, -0.05) is 32.6 Å². The quantitative estimate of drug-likeness (QED) is 0.696. The zero-order chi connectivity index (χ0) is 11.8. The molecule has 4 heteroatoms. The lowest BCUT2D eigenvalue weighted by Gasteiger charge is -2.13. The Morgan fingerprint density at radius 1 is 1.31 bits per heavy atom. The number of hydrogen-bond donors (Lipinski definition) is 2. The van der Waals surface area contributed by atoms with E-state index in [1.54, 1.807) is 12.4 Å². The highest BCUT2D eigenvalue weighted by Crippen LogP contribution is 2.10. The van der Waals surface area contributed by atoms with Crippen LogP contribution in [0, 0.1) is 0 Å². The van der Waals surface area contributed by atoms with Crippen LogP contribution in [0.5, 0.6) is 0 Å². The van der Waals surface area contributed by atoms with E-state index in [0.29, 0.717) is 11.9 Å². The van der Waals surface area contributed by atoms with Crippen LogP contribution in [0.15, 0.2) is 12.4 Å². The number of aromatic nitrogens is 2. The molecule has 1 aromatic heterocycles. The fraction of sp³-hybridized carbons (Fsp3) is 0.667. The highest BCUT2D eigenvalue weighted by molar-refractivity contribution is 5.38. The molecule has 0 fully saturated rings. The predicted octanol–water partition coefficient (Wildman–Crippen LogP) is 2.83. The molecule has 4 nitrogen and oxygen atoms in total. The summed E-state index contributed by atoms with van der Waals surface area (Å²) in [6.45, 7) is 4.39. The summed E-state index contributed by atoms with van der Waals surface area (Å²) in [5.74, 6) is 1.23. The molecule has 0 amide bonds. The fourth-order valence-corrected chi connectivity index (χ4v) is 1.65. The lowest BCUT2D eigenvalue weighted by molar-refractivity contribution is 0.593. The molecule has 0 aliphatic carbocycles. The van der Waals surface area contributed by atoms with Gasteiger partial charge in [0, 0.05) is 6.04 Å². The van der Waals surface area contributed by atoms with E-state index in [1.807, 2.05) is 0 Å². The Labute approximate surface area is 97.7 Å². The van der Waals surface area contributed by atoms with Gasteiger partial charge in [0.1, 0.15) is 11.6 Å². The number of unbranched alkanes of at least 4 members (excludes halogenated alkanes) is 3. The SMILES string of the molecule is CCCCCCC(C)Nc1cncc(N)n1. The van der Waals surface area contributed by atoms with Gasteiger partial charge >= 0.3 is 0 Å². The van der Waals surface area contributed by atoms with Crippen LogP contribution in [0.1, 0.15) is 46.0 Å². The topological polar surface area (TPSA) is 63.8 Å². The average Bonchev–Trinajstić information content (AvgIpc) is 2.24. The zero-order valence-corrected chi connectivity index (χ0v) is 10.2. The van der Waals surface area contributed by atoms with Gasteiger partial charge in [0.05, 0.1) is 12.4 Å². The smallest absolute Gasteiger partial charge is 0.147 e. The van der Waals surface area contributed by atoms with Gasteiger partial charge in [-0.25, -0.2) is 4.98 Å². The molecule has 0 aliphatic heterocycles. The highest BCUT2D eigenvalue weighted by Gasteiger charge is 2.03. The van der Waals surface area contributed by atoms with Gasteiger partial charge in [-0.05, 0) is 13.3 Å². The van der Waals surface area contributed by atoms with Gasteiger partial charge in [0.25, 0.3) is 0 Å². The third-order valence-corrected chi connectivity index (χ3v) is 2.54. The molecule has 0 aliphatic rings. The Hall–Kier alpha value is -1.32. The second-order valence-electron chi connectivity index (χ2n) is 4.22. The van der Waals surface area contributed by atoms with E-state index in [9.17, 15) is 0 Å². The van der Waals surface area contributed by atoms with Crippen LogP contribution in [-0.2, 0) is 0 Å². The maximum Gasteiger partial charge on any atom is 0.147 e. The molecule has 1 atom stereocenters. The lowest BCUT2D eigenvalue weighted by atomic mass is 10.1. The number of anilines is 2. The predicted molar refractivity (Wildman–Crippen MR) is 68.3 cm³/mol. The number of nitrogen functional groups attached to an aromatic ring is 1. The van der Waals surface area contributed by atoms with Crippen LogP contribution in [0.2, 0.25) is 0 Å². The number of nitrogens with two attached hydrogens (primary N) is 1. The Morgan fingerprint density at radius 3 is 2.81 bits per heavy atom. The molecular weight excluding hydrogens is 200 g/mol. The molecule has 90 valence electrons. The van der Waals surface area contributed by atoms with Crippen LogP contribution < -0.4 is 11.1 Å². The minimum atomic E-state index is 0.424. The summed E-state index contributed by atoms with van der Waals surface area (Å²) >= 11 is 0. The third-order valence-electron chi connectivity index (χ3n) is 2.54. The maximum atomic E-state index is 5.56. The van der Waals surface area contributed by atoms with E-state index in [4.69, 9.17) is 5.73 Å². The van der Waals surface area contributed by atoms with E-state index in [1.165, 1.54) is 25.7 Å². The molecule has 0 spiro atoms. The van der Waals surface area contributed by atoms with Gasteiger partial charge in [0.15, 0.2) is 0 Å². The van der Waals surface area contributed by atoms with Crippen LogP contribution >= 0.6 is 0 Å². The number of nitrogens with zero attached hydrogens (tertiary/aromatic N) is 2. The molecule has 3 N–H and O–H groups in total. The lowest BCUT2D eigenvalue weighted by Crippen LogP contribution is -2.16. The van der Waals surface area contributed by atoms with Crippen LogP contribution in [0.4, 0.5) is 11.6 Å². The van der Waals surface area contributed by atoms with Crippen molar-refractivity contribution < 1.29 is 0 Å². The normalized spacial score (nSPS) is 12.4. The zero-order valence-electron chi connectivity index (χ0n) is 10.2. The molecule has 0 radical (unpaired) electrons. The maximum absolute atomic E-state index is 5.56. The molecule has 0 saturated heterocycles. The summed E-state index contributed by atoms with van der Waals surface area (Å²) in [5.41, 5.74) is 5.56. The van der Waals surface area contributed by atoms with Gasteiger partial charge in [-0.3, -0.25) is 4.98 Å². The summed E-state index contributed by atoms with van der Waals surface area (Å²) < 4.78 is 0.